The van der Waals surface area contributed by atoms with Crippen LogP contribution in [0, 0.1) is 13.8 Å². The summed E-state index contributed by atoms with van der Waals surface area (Å²) in [6.45, 7) is 9.72. The highest BCUT2D eigenvalue weighted by molar-refractivity contribution is 6.31. The molecule has 0 aliphatic heterocycles. The summed E-state index contributed by atoms with van der Waals surface area (Å²) >= 11 is 6.21. The van der Waals surface area contributed by atoms with Crippen LogP contribution in [-0.4, -0.2) is 6.54 Å². The summed E-state index contributed by atoms with van der Waals surface area (Å²) in [7, 11) is 0. The number of hydrogen-bond acceptors (Lipinski definition) is 1. The van der Waals surface area contributed by atoms with E-state index in [1.807, 2.05) is 0 Å². The van der Waals surface area contributed by atoms with Crippen LogP contribution >= 0.6 is 11.6 Å². The van der Waals surface area contributed by atoms with Gasteiger partial charge >= 0.3 is 0 Å². The second kappa shape index (κ2) is 9.41. The topological polar surface area (TPSA) is 12.0 Å². The van der Waals surface area contributed by atoms with E-state index in [2.05, 4.69) is 45.1 Å². The highest BCUT2D eigenvalue weighted by Crippen LogP contribution is 2.28. The van der Waals surface area contributed by atoms with Crippen LogP contribution in [0.15, 0.2) is 12.1 Å². The molecule has 2 heteroatoms. The molecule has 1 atom stereocenters. The molecule has 0 amide bonds. The molecule has 0 fully saturated rings. The van der Waals surface area contributed by atoms with E-state index >= 15 is 0 Å². The molecule has 1 rings (SSSR count). The summed E-state index contributed by atoms with van der Waals surface area (Å²) in [5.74, 6) is 0. The molecule has 1 aromatic rings. The summed E-state index contributed by atoms with van der Waals surface area (Å²) < 4.78 is 0. The van der Waals surface area contributed by atoms with Crippen molar-refractivity contribution in [1.29, 1.82) is 0 Å². The Kier molecular flexibility index (Phi) is 8.25. The third kappa shape index (κ3) is 5.46. The fraction of sp³-hybridized carbons (Fsp3) is 0.667. The van der Waals surface area contributed by atoms with Crippen LogP contribution in [0.1, 0.15) is 75.1 Å². The van der Waals surface area contributed by atoms with Crippen molar-refractivity contribution >= 4 is 11.6 Å². The van der Waals surface area contributed by atoms with Gasteiger partial charge in [-0.15, -0.1) is 0 Å². The Bertz CT molecular complexity index is 401. The van der Waals surface area contributed by atoms with Crippen LogP contribution < -0.4 is 5.32 Å². The van der Waals surface area contributed by atoms with Crippen molar-refractivity contribution in [3.63, 3.8) is 0 Å². The minimum atomic E-state index is 0.470. The number of nitrogens with one attached hydrogen (secondary N) is 1. The zero-order chi connectivity index (χ0) is 15.0. The lowest BCUT2D eigenvalue weighted by atomic mass is 9.94. The Morgan fingerprint density at radius 2 is 1.70 bits per heavy atom. The van der Waals surface area contributed by atoms with Crippen LogP contribution in [0.3, 0.4) is 0 Å². The van der Waals surface area contributed by atoms with Gasteiger partial charge in [-0.05, 0) is 49.6 Å². The Hall–Kier alpha value is -0.530. The van der Waals surface area contributed by atoms with Gasteiger partial charge in [0.2, 0.25) is 0 Å². The van der Waals surface area contributed by atoms with Crippen molar-refractivity contribution in [1.82, 2.24) is 5.32 Å². The van der Waals surface area contributed by atoms with Gasteiger partial charge in [-0.25, -0.2) is 0 Å². The van der Waals surface area contributed by atoms with E-state index in [1.54, 1.807) is 0 Å². The Labute approximate surface area is 130 Å². The molecule has 0 aliphatic carbocycles. The van der Waals surface area contributed by atoms with Crippen molar-refractivity contribution in [3.8, 4) is 0 Å². The van der Waals surface area contributed by atoms with Crippen molar-refractivity contribution in [3.05, 3.63) is 33.8 Å². The highest BCUT2D eigenvalue weighted by Gasteiger charge is 2.14. The average Bonchev–Trinajstić information content (AvgIpc) is 2.41. The first-order valence-corrected chi connectivity index (χ1v) is 8.48. The second-order valence-electron chi connectivity index (χ2n) is 5.77. The molecule has 0 bridgehead atoms. The second-order valence-corrected chi connectivity index (χ2v) is 6.18. The molecule has 1 N–H and O–H groups in total. The van der Waals surface area contributed by atoms with Crippen molar-refractivity contribution < 1.29 is 0 Å². The first-order chi connectivity index (χ1) is 9.60. The van der Waals surface area contributed by atoms with Crippen LogP contribution in [0.5, 0.6) is 0 Å². The summed E-state index contributed by atoms with van der Waals surface area (Å²) in [5, 5.41) is 4.51. The van der Waals surface area contributed by atoms with Gasteiger partial charge in [0.15, 0.2) is 0 Å². The maximum atomic E-state index is 6.21. The van der Waals surface area contributed by atoms with Crippen molar-refractivity contribution in [2.75, 3.05) is 6.54 Å². The van der Waals surface area contributed by atoms with E-state index in [0.29, 0.717) is 6.04 Å². The lowest BCUT2D eigenvalue weighted by molar-refractivity contribution is 0.477. The number of halogens is 1. The third-order valence-electron chi connectivity index (χ3n) is 3.97. The number of benzene rings is 1. The van der Waals surface area contributed by atoms with Crippen LogP contribution in [0.4, 0.5) is 0 Å². The molecule has 0 spiro atoms. The lowest BCUT2D eigenvalue weighted by Gasteiger charge is -2.21. The molecule has 0 saturated carbocycles. The summed E-state index contributed by atoms with van der Waals surface area (Å²) in [4.78, 5) is 0. The number of aryl methyl sites for hydroxylation is 2. The average molecular weight is 296 g/mol. The Morgan fingerprint density at radius 3 is 2.35 bits per heavy atom. The normalized spacial score (nSPS) is 12.7. The quantitative estimate of drug-likeness (QED) is 0.554. The summed E-state index contributed by atoms with van der Waals surface area (Å²) in [5.41, 5.74) is 3.91. The molecule has 1 nitrogen and oxygen atoms in total. The molecule has 114 valence electrons. The third-order valence-corrected chi connectivity index (χ3v) is 4.38. The first kappa shape index (κ1) is 17.5. The van der Waals surface area contributed by atoms with Crippen LogP contribution in [0.25, 0.3) is 0 Å². The molecule has 1 unspecified atom stereocenters. The van der Waals surface area contributed by atoms with E-state index in [1.165, 1.54) is 55.2 Å². The van der Waals surface area contributed by atoms with Crippen molar-refractivity contribution in [2.24, 2.45) is 0 Å². The summed E-state index contributed by atoms with van der Waals surface area (Å²) in [6, 6.07) is 4.84. The smallest absolute Gasteiger partial charge is 0.0438 e. The fourth-order valence-corrected chi connectivity index (χ4v) is 2.96. The minimum Gasteiger partial charge on any atom is -0.310 e. The van der Waals surface area contributed by atoms with E-state index < -0.39 is 0 Å². The molecule has 1 aromatic carbocycles. The zero-order valence-electron chi connectivity index (χ0n) is 13.6. The standard InChI is InChI=1S/C18H30ClN/c1-5-7-8-9-10-11-18(20-6-2)16-12-15(4)17(19)13-14(16)3/h12-13,18,20H,5-11H2,1-4H3. The van der Waals surface area contributed by atoms with Gasteiger partial charge in [-0.2, -0.15) is 0 Å². The summed E-state index contributed by atoms with van der Waals surface area (Å²) in [6.07, 6.45) is 7.92. The van der Waals surface area contributed by atoms with E-state index in [0.717, 1.165) is 11.6 Å². The van der Waals surface area contributed by atoms with Crippen LogP contribution in [-0.2, 0) is 0 Å². The molecule has 0 radical (unpaired) electrons. The molecule has 0 saturated heterocycles. The predicted octanol–water partition coefficient (Wildman–Crippen LogP) is 5.97. The molecule has 0 heterocycles. The van der Waals surface area contributed by atoms with E-state index in [4.69, 9.17) is 11.6 Å². The molecular weight excluding hydrogens is 266 g/mol. The minimum absolute atomic E-state index is 0.470. The molecule has 0 aromatic heterocycles. The zero-order valence-corrected chi connectivity index (χ0v) is 14.3. The molecular formula is C18H30ClN. The fourth-order valence-electron chi connectivity index (χ4n) is 2.74. The number of rotatable bonds is 9. The van der Waals surface area contributed by atoms with Gasteiger partial charge in [-0.3, -0.25) is 0 Å². The number of unbranched alkanes of at least 4 members (excludes halogenated alkanes) is 4. The molecule has 0 aliphatic rings. The Morgan fingerprint density at radius 1 is 1.00 bits per heavy atom. The SMILES string of the molecule is CCCCCCCC(NCC)c1cc(C)c(Cl)cc1C. The van der Waals surface area contributed by atoms with Gasteiger partial charge in [0.1, 0.15) is 0 Å². The lowest BCUT2D eigenvalue weighted by Crippen LogP contribution is -2.21. The highest BCUT2D eigenvalue weighted by atomic mass is 35.5. The van der Waals surface area contributed by atoms with Crippen LogP contribution in [0.2, 0.25) is 5.02 Å². The van der Waals surface area contributed by atoms with E-state index in [9.17, 15) is 0 Å². The van der Waals surface area contributed by atoms with E-state index in [-0.39, 0.29) is 0 Å². The maximum absolute atomic E-state index is 6.21. The van der Waals surface area contributed by atoms with Gasteiger partial charge in [-0.1, -0.05) is 63.6 Å². The van der Waals surface area contributed by atoms with Gasteiger partial charge in [0.25, 0.3) is 0 Å². The van der Waals surface area contributed by atoms with Gasteiger partial charge in [0.05, 0.1) is 0 Å². The van der Waals surface area contributed by atoms with Crippen molar-refractivity contribution in [2.45, 2.75) is 72.3 Å². The van der Waals surface area contributed by atoms with Gasteiger partial charge in [0, 0.05) is 11.1 Å². The monoisotopic (exact) mass is 295 g/mol. The predicted molar refractivity (Wildman–Crippen MR) is 90.7 cm³/mol. The maximum Gasteiger partial charge on any atom is 0.0438 e. The number of hydrogen-bond donors (Lipinski definition) is 1. The van der Waals surface area contributed by atoms with Gasteiger partial charge < -0.3 is 5.32 Å². The first-order valence-electron chi connectivity index (χ1n) is 8.10. The molecule has 20 heavy (non-hydrogen) atoms. The largest absolute Gasteiger partial charge is 0.310 e. The Balaban J connectivity index is 2.67.